The summed E-state index contributed by atoms with van der Waals surface area (Å²) < 4.78 is 28.7. The quantitative estimate of drug-likeness (QED) is 0.543. The molecule has 4 heterocycles. The second-order valence-corrected chi connectivity index (χ2v) is 11.2. The zero-order valence-electron chi connectivity index (χ0n) is 19.5. The predicted molar refractivity (Wildman–Crippen MR) is 128 cm³/mol. The minimum Gasteiger partial charge on any atom is -0.388 e. The van der Waals surface area contributed by atoms with Crippen LogP contribution in [0.5, 0.6) is 0 Å². The fourth-order valence-electron chi connectivity index (χ4n) is 6.27. The topological polar surface area (TPSA) is 94.3 Å². The van der Waals surface area contributed by atoms with E-state index in [0.29, 0.717) is 40.8 Å². The molecule has 2 aromatic heterocycles. The van der Waals surface area contributed by atoms with Gasteiger partial charge in [-0.3, -0.25) is 0 Å². The second-order valence-electron chi connectivity index (χ2n) is 10.8. The first-order chi connectivity index (χ1) is 16.8. The van der Waals surface area contributed by atoms with Crippen molar-refractivity contribution >= 4 is 28.6 Å². The number of halogens is 2. The highest BCUT2D eigenvalue weighted by Crippen LogP contribution is 2.65. The molecule has 0 radical (unpaired) electrons. The molecule has 8 nitrogen and oxygen atoms in total. The molecule has 4 atom stereocenters. The first-order valence-electron chi connectivity index (χ1n) is 12.3. The molecule has 5 aliphatic rings. The minimum absolute atomic E-state index is 0.109. The fraction of sp³-hybridized carbons (Fsp3) is 0.560. The average Bonchev–Trinajstić information content (AvgIpc) is 3.33. The van der Waals surface area contributed by atoms with Gasteiger partial charge in [0.25, 0.3) is 0 Å². The van der Waals surface area contributed by atoms with Crippen molar-refractivity contribution in [3.63, 3.8) is 0 Å². The average molecular weight is 500 g/mol. The van der Waals surface area contributed by atoms with E-state index in [9.17, 15) is 5.11 Å². The Balaban J connectivity index is 1.27. The first-order valence-corrected chi connectivity index (χ1v) is 12.7. The molecule has 10 heteroatoms. The molecule has 1 unspecified atom stereocenters. The predicted octanol–water partition coefficient (Wildman–Crippen LogP) is 4.20. The molecule has 1 aromatic carbocycles. The number of hydrogen-bond acceptors (Lipinski definition) is 7. The molecule has 4 bridgehead atoms. The van der Waals surface area contributed by atoms with Crippen LogP contribution in [0.2, 0.25) is 5.02 Å². The Kier molecular flexibility index (Phi) is 4.75. The van der Waals surface area contributed by atoms with Crippen LogP contribution in [0.1, 0.15) is 51.4 Å². The molecule has 8 rings (SSSR count). The zero-order valence-corrected chi connectivity index (χ0v) is 20.3. The van der Waals surface area contributed by atoms with Crippen LogP contribution >= 0.6 is 11.6 Å². The van der Waals surface area contributed by atoms with Gasteiger partial charge < -0.3 is 24.5 Å². The summed E-state index contributed by atoms with van der Waals surface area (Å²) in [6.45, 7) is 4.58. The van der Waals surface area contributed by atoms with Crippen LogP contribution in [-0.4, -0.2) is 55.8 Å². The van der Waals surface area contributed by atoms with Crippen LogP contribution in [0, 0.1) is 11.7 Å². The summed E-state index contributed by atoms with van der Waals surface area (Å²) in [5.41, 5.74) is 2.25. The molecule has 35 heavy (non-hydrogen) atoms. The Bertz CT molecular complexity index is 1330. The number of hydrogen-bond donors (Lipinski definition) is 2. The summed E-state index contributed by atoms with van der Waals surface area (Å²) in [5.74, 6) is 1.73. The number of fused-ring (bicyclic) bond motifs is 3. The lowest BCUT2D eigenvalue weighted by molar-refractivity contribution is -0.123. The van der Waals surface area contributed by atoms with E-state index < -0.39 is 6.10 Å². The van der Waals surface area contributed by atoms with Crippen LogP contribution in [0.3, 0.4) is 0 Å². The second kappa shape index (κ2) is 7.59. The van der Waals surface area contributed by atoms with Crippen molar-refractivity contribution in [2.75, 3.05) is 11.9 Å². The highest BCUT2D eigenvalue weighted by Gasteiger charge is 2.60. The van der Waals surface area contributed by atoms with Crippen LogP contribution < -0.4 is 5.32 Å². The lowest BCUT2D eigenvalue weighted by Gasteiger charge is -2.61. The Morgan fingerprint density at radius 3 is 2.77 bits per heavy atom. The molecule has 2 N–H and O–H groups in total. The summed E-state index contributed by atoms with van der Waals surface area (Å²) in [4.78, 5) is 13.7. The van der Waals surface area contributed by atoms with Gasteiger partial charge in [-0.25, -0.2) is 19.3 Å². The van der Waals surface area contributed by atoms with E-state index in [0.717, 1.165) is 36.5 Å². The summed E-state index contributed by atoms with van der Waals surface area (Å²) in [6, 6.07) is 3.19. The summed E-state index contributed by atoms with van der Waals surface area (Å²) >= 11 is 6.49. The molecule has 0 amide bonds. The van der Waals surface area contributed by atoms with Crippen LogP contribution in [0.4, 0.5) is 10.3 Å². The number of nitrogens with zero attached hydrogens (tertiary/aromatic N) is 4. The summed E-state index contributed by atoms with van der Waals surface area (Å²) in [6.07, 6.45) is 3.94. The maximum Gasteiger partial charge on any atom is 0.223 e. The van der Waals surface area contributed by atoms with Crippen molar-refractivity contribution in [2.24, 2.45) is 5.92 Å². The third-order valence-corrected chi connectivity index (χ3v) is 8.40. The van der Waals surface area contributed by atoms with Gasteiger partial charge in [0.05, 0.1) is 35.1 Å². The number of anilines is 1. The van der Waals surface area contributed by atoms with Crippen LogP contribution in [0.25, 0.3) is 22.3 Å². The standard InChI is InChI=1S/C25H27ClFN5O3/c1-11(2)32-17-4-13(3-15(27)21(17)30-23(32)25-6-12(7-25)8-25)20-14(26)9-28-24(31-20)29-16-5-19-34-10-18(35-19)22(16)33/h3-4,9,11-12,16,18-19,22,33H,5-8,10H2,1-2H3,(H,28,29,31)/t12?,16?,18-,19-,22-,25?/m0/s1. The molecule has 5 fully saturated rings. The van der Waals surface area contributed by atoms with E-state index in [4.69, 9.17) is 26.1 Å². The number of nitrogens with one attached hydrogen (secondary N) is 1. The number of ether oxygens (including phenoxy) is 2. The normalized spacial score (nSPS) is 33.1. The third kappa shape index (κ3) is 3.25. The fourth-order valence-corrected chi connectivity index (χ4v) is 6.47. The minimum atomic E-state index is -0.749. The number of aromatic nitrogens is 4. The van der Waals surface area contributed by atoms with E-state index in [1.807, 2.05) is 6.07 Å². The van der Waals surface area contributed by atoms with E-state index in [-0.39, 0.29) is 35.7 Å². The largest absolute Gasteiger partial charge is 0.388 e. The lowest BCUT2D eigenvalue weighted by atomic mass is 9.44. The maximum absolute atomic E-state index is 15.4. The third-order valence-electron chi connectivity index (χ3n) is 8.12. The molecule has 0 spiro atoms. The van der Waals surface area contributed by atoms with Gasteiger partial charge in [0.1, 0.15) is 23.5 Å². The van der Waals surface area contributed by atoms with E-state index in [1.54, 1.807) is 0 Å². The number of aliphatic hydroxyl groups excluding tert-OH is 1. The Morgan fingerprint density at radius 2 is 2.06 bits per heavy atom. The van der Waals surface area contributed by atoms with Crippen molar-refractivity contribution < 1.29 is 19.0 Å². The van der Waals surface area contributed by atoms with Gasteiger partial charge in [0.2, 0.25) is 5.95 Å². The van der Waals surface area contributed by atoms with Crippen LogP contribution in [0.15, 0.2) is 18.3 Å². The lowest BCUT2D eigenvalue weighted by Crippen LogP contribution is -2.56. The van der Waals surface area contributed by atoms with Crippen molar-refractivity contribution in [1.29, 1.82) is 0 Å². The highest BCUT2D eigenvalue weighted by atomic mass is 35.5. The number of aliphatic hydroxyl groups is 1. The number of benzene rings is 1. The van der Waals surface area contributed by atoms with E-state index >= 15 is 4.39 Å². The SMILES string of the molecule is CC(C)n1c(C23CC(C2)C3)nc2c(F)cc(-c3nc(NC4C[C@H]5OC[C@H](O5)[C@H]4O)ncc3Cl)cc21. The van der Waals surface area contributed by atoms with Gasteiger partial charge in [-0.1, -0.05) is 11.6 Å². The number of rotatable bonds is 5. The Hall–Kier alpha value is -2.33. The molecule has 2 aliphatic heterocycles. The summed E-state index contributed by atoms with van der Waals surface area (Å²) in [7, 11) is 0. The van der Waals surface area contributed by atoms with Crippen molar-refractivity contribution in [2.45, 2.75) is 75.5 Å². The molecule has 3 aromatic rings. The summed E-state index contributed by atoms with van der Waals surface area (Å²) in [5, 5.41) is 14.1. The van der Waals surface area contributed by atoms with E-state index in [1.165, 1.54) is 12.3 Å². The van der Waals surface area contributed by atoms with Gasteiger partial charge in [-0.05, 0) is 51.2 Å². The van der Waals surface area contributed by atoms with Gasteiger partial charge in [0, 0.05) is 23.4 Å². The van der Waals surface area contributed by atoms with E-state index in [2.05, 4.69) is 33.7 Å². The molecular weight excluding hydrogens is 473 g/mol. The van der Waals surface area contributed by atoms with Crippen molar-refractivity contribution in [3.05, 3.63) is 35.0 Å². The van der Waals surface area contributed by atoms with Crippen molar-refractivity contribution in [3.8, 4) is 11.3 Å². The van der Waals surface area contributed by atoms with Gasteiger partial charge in [-0.15, -0.1) is 0 Å². The molecule has 3 saturated carbocycles. The smallest absolute Gasteiger partial charge is 0.223 e. The van der Waals surface area contributed by atoms with Gasteiger partial charge in [0.15, 0.2) is 12.1 Å². The monoisotopic (exact) mass is 499 g/mol. The van der Waals surface area contributed by atoms with Crippen LogP contribution in [-0.2, 0) is 14.9 Å². The Morgan fingerprint density at radius 1 is 1.26 bits per heavy atom. The highest BCUT2D eigenvalue weighted by molar-refractivity contribution is 6.33. The van der Waals surface area contributed by atoms with Crippen molar-refractivity contribution in [1.82, 2.24) is 19.5 Å². The maximum atomic E-state index is 15.4. The molecular formula is C25H27ClFN5O3. The number of imidazole rings is 1. The first kappa shape index (κ1) is 21.9. The molecule has 184 valence electrons. The van der Waals surface area contributed by atoms with Gasteiger partial charge >= 0.3 is 0 Å². The molecule has 2 saturated heterocycles. The molecule has 3 aliphatic carbocycles. The zero-order chi connectivity index (χ0) is 24.1. The van der Waals surface area contributed by atoms with Gasteiger partial charge in [-0.2, -0.15) is 0 Å². The Labute approximate surface area is 206 Å².